The molecule has 0 unspecified atom stereocenters. The molecule has 0 N–H and O–H groups in total. The Morgan fingerprint density at radius 1 is 1.38 bits per heavy atom. The summed E-state index contributed by atoms with van der Waals surface area (Å²) in [6, 6.07) is 1.80. The van der Waals surface area contributed by atoms with E-state index in [1.54, 1.807) is 18.5 Å². The predicted molar refractivity (Wildman–Crippen MR) is 26.5 cm³/mol. The van der Waals surface area contributed by atoms with Gasteiger partial charge in [0.2, 0.25) is 0 Å². The average Bonchev–Trinajstić information content (AvgIpc) is 1.69. The Kier molecular flexibility index (Phi) is 4.01. The summed E-state index contributed by atoms with van der Waals surface area (Å²) in [5.74, 6) is 0. The van der Waals surface area contributed by atoms with E-state index in [1.807, 2.05) is 0 Å². The van der Waals surface area contributed by atoms with Crippen molar-refractivity contribution in [3.8, 4) is 0 Å². The first-order valence-electron chi connectivity index (χ1n) is 1.98. The maximum Gasteiger partial charge on any atom is 0 e. The molecule has 1 aromatic rings. The van der Waals surface area contributed by atoms with Crippen molar-refractivity contribution in [2.75, 3.05) is 0 Å². The maximum absolute atomic E-state index is 3.62. The molecule has 0 saturated carbocycles. The standard InChI is InChI=1S/C5H5N2.Y/c1-5-2-3-6-7-4-5;/h2-4H,1H2;/q-1;. The van der Waals surface area contributed by atoms with Crippen molar-refractivity contribution in [1.29, 1.82) is 0 Å². The van der Waals surface area contributed by atoms with Crippen molar-refractivity contribution < 1.29 is 32.7 Å². The fourth-order valence-electron chi connectivity index (χ4n) is 0.318. The van der Waals surface area contributed by atoms with Gasteiger partial charge in [-0.15, -0.1) is 6.07 Å². The van der Waals surface area contributed by atoms with Crippen LogP contribution in [0.15, 0.2) is 18.5 Å². The minimum atomic E-state index is 0. The number of hydrogen-bond donors (Lipinski definition) is 0. The van der Waals surface area contributed by atoms with Gasteiger partial charge >= 0.3 is 0 Å². The number of rotatable bonds is 0. The van der Waals surface area contributed by atoms with Crippen LogP contribution in [0.1, 0.15) is 5.56 Å². The summed E-state index contributed by atoms with van der Waals surface area (Å²) in [4.78, 5) is 0. The second kappa shape index (κ2) is 3.99. The molecule has 3 heteroatoms. The number of aromatic nitrogens is 2. The van der Waals surface area contributed by atoms with Gasteiger partial charge in [0.25, 0.3) is 0 Å². The van der Waals surface area contributed by atoms with Crippen LogP contribution in [0, 0.1) is 6.92 Å². The first-order chi connectivity index (χ1) is 3.39. The molecule has 0 saturated heterocycles. The smallest absolute Gasteiger partial charge is 0 e. The molecule has 0 bridgehead atoms. The monoisotopic (exact) mass is 182 g/mol. The van der Waals surface area contributed by atoms with Crippen LogP contribution in [0.5, 0.6) is 0 Å². The van der Waals surface area contributed by atoms with Gasteiger partial charge in [0.1, 0.15) is 0 Å². The largest absolute Gasteiger partial charge is 0.226 e. The van der Waals surface area contributed by atoms with Crippen LogP contribution in [-0.2, 0) is 32.7 Å². The quantitative estimate of drug-likeness (QED) is 0.550. The zero-order chi connectivity index (χ0) is 5.11. The molecule has 0 aromatic carbocycles. The van der Waals surface area contributed by atoms with Gasteiger partial charge < -0.3 is 0 Å². The first-order valence-corrected chi connectivity index (χ1v) is 1.98. The Morgan fingerprint density at radius 3 is 2.38 bits per heavy atom. The second-order valence-electron chi connectivity index (χ2n) is 1.25. The van der Waals surface area contributed by atoms with Gasteiger partial charge in [-0.1, -0.05) is 6.20 Å². The third-order valence-corrected chi connectivity index (χ3v) is 0.646. The summed E-state index contributed by atoms with van der Waals surface area (Å²) in [5, 5.41) is 7.13. The van der Waals surface area contributed by atoms with Crippen molar-refractivity contribution in [2.45, 2.75) is 0 Å². The van der Waals surface area contributed by atoms with Gasteiger partial charge in [-0.05, 0) is 6.20 Å². The molecule has 2 nitrogen and oxygen atoms in total. The fraction of sp³-hybridized carbons (Fsp3) is 0. The van der Waals surface area contributed by atoms with Crippen LogP contribution in [-0.4, -0.2) is 10.2 Å². The Balaban J connectivity index is 0.000000490. The zero-order valence-electron chi connectivity index (χ0n) is 4.41. The van der Waals surface area contributed by atoms with E-state index in [0.29, 0.717) is 0 Å². The third-order valence-electron chi connectivity index (χ3n) is 0.646. The van der Waals surface area contributed by atoms with E-state index in [4.69, 9.17) is 0 Å². The molecule has 0 fully saturated rings. The zero-order valence-corrected chi connectivity index (χ0v) is 7.25. The Hall–Kier alpha value is 0.0539. The number of nitrogens with zero attached hydrogens (tertiary/aromatic N) is 2. The summed E-state index contributed by atoms with van der Waals surface area (Å²) in [6.45, 7) is 3.62. The molecule has 0 aliphatic carbocycles. The van der Waals surface area contributed by atoms with Crippen molar-refractivity contribution in [3.05, 3.63) is 30.9 Å². The van der Waals surface area contributed by atoms with Crippen LogP contribution in [0.4, 0.5) is 0 Å². The molecule has 0 atom stereocenters. The summed E-state index contributed by atoms with van der Waals surface area (Å²) in [5.41, 5.74) is 0.898. The molecule has 8 heavy (non-hydrogen) atoms. The minimum absolute atomic E-state index is 0. The van der Waals surface area contributed by atoms with E-state index in [9.17, 15) is 0 Å². The summed E-state index contributed by atoms with van der Waals surface area (Å²) < 4.78 is 0. The van der Waals surface area contributed by atoms with Gasteiger partial charge in [-0.2, -0.15) is 17.6 Å². The molecule has 39 valence electrons. The second-order valence-corrected chi connectivity index (χ2v) is 1.25. The fourth-order valence-corrected chi connectivity index (χ4v) is 0.318. The summed E-state index contributed by atoms with van der Waals surface area (Å²) in [6.07, 6.45) is 3.22. The Labute approximate surface area is 73.6 Å². The molecule has 1 aromatic heterocycles. The first kappa shape index (κ1) is 8.05. The van der Waals surface area contributed by atoms with E-state index in [0.717, 1.165) is 5.56 Å². The van der Waals surface area contributed by atoms with Crippen molar-refractivity contribution in [3.63, 3.8) is 0 Å². The molecule has 0 aliphatic heterocycles. The summed E-state index contributed by atoms with van der Waals surface area (Å²) in [7, 11) is 0. The maximum atomic E-state index is 3.62. The van der Waals surface area contributed by atoms with Crippen LogP contribution in [0.2, 0.25) is 0 Å². The number of hydrogen-bond acceptors (Lipinski definition) is 2. The Morgan fingerprint density at radius 2 is 2.12 bits per heavy atom. The van der Waals surface area contributed by atoms with Crippen LogP contribution < -0.4 is 0 Å². The van der Waals surface area contributed by atoms with Crippen LogP contribution >= 0.6 is 0 Å². The Bertz CT molecular complexity index is 140. The molecule has 0 aliphatic rings. The molecule has 1 heterocycles. The molecule has 0 amide bonds. The predicted octanol–water partition coefficient (Wildman–Crippen LogP) is 0.656. The topological polar surface area (TPSA) is 25.8 Å². The van der Waals surface area contributed by atoms with Gasteiger partial charge in [0, 0.05) is 32.7 Å². The molecule has 0 spiro atoms. The van der Waals surface area contributed by atoms with E-state index in [-0.39, 0.29) is 32.7 Å². The van der Waals surface area contributed by atoms with E-state index >= 15 is 0 Å². The minimum Gasteiger partial charge on any atom is -0.226 e. The van der Waals surface area contributed by atoms with Gasteiger partial charge in [0.05, 0.1) is 0 Å². The van der Waals surface area contributed by atoms with E-state index in [1.165, 1.54) is 0 Å². The average molecular weight is 182 g/mol. The molecule has 1 radical (unpaired) electrons. The van der Waals surface area contributed by atoms with Crippen LogP contribution in [0.25, 0.3) is 0 Å². The van der Waals surface area contributed by atoms with E-state index < -0.39 is 0 Å². The normalized spacial score (nSPS) is 7.50. The van der Waals surface area contributed by atoms with Crippen molar-refractivity contribution in [2.24, 2.45) is 0 Å². The van der Waals surface area contributed by atoms with Gasteiger partial charge in [-0.25, -0.2) is 5.10 Å². The van der Waals surface area contributed by atoms with E-state index in [2.05, 4.69) is 17.1 Å². The van der Waals surface area contributed by atoms with Crippen molar-refractivity contribution in [1.82, 2.24) is 10.2 Å². The molecule has 1 rings (SSSR count). The van der Waals surface area contributed by atoms with Crippen LogP contribution in [0.3, 0.4) is 0 Å². The summed E-state index contributed by atoms with van der Waals surface area (Å²) >= 11 is 0. The van der Waals surface area contributed by atoms with Gasteiger partial charge in [0.15, 0.2) is 0 Å². The van der Waals surface area contributed by atoms with Crippen molar-refractivity contribution >= 4 is 0 Å². The van der Waals surface area contributed by atoms with Gasteiger partial charge in [-0.3, -0.25) is 0 Å². The molecular weight excluding hydrogens is 177 g/mol. The SMILES string of the molecule is [CH2-]c1ccnnc1.[Y]. The third kappa shape index (κ3) is 2.38. The molecular formula is C5H5N2Y-.